The minimum atomic E-state index is 0.432. The van der Waals surface area contributed by atoms with Gasteiger partial charge in [-0.15, -0.1) is 0 Å². The first-order valence-corrected chi connectivity index (χ1v) is 6.50. The van der Waals surface area contributed by atoms with Gasteiger partial charge in [0.15, 0.2) is 11.6 Å². The van der Waals surface area contributed by atoms with E-state index >= 15 is 0 Å². The average Bonchev–Trinajstić information content (AvgIpc) is 2.93. The second-order valence-corrected chi connectivity index (χ2v) is 5.01. The standard InChI is InChI=1S/C14H20N2O3/c1-9(2)5-6-12-13(15-10(3)19-12)14-16-11(7-17-4)8-18-14/h8-9H,5-7H2,1-4H3. The van der Waals surface area contributed by atoms with Crippen molar-refractivity contribution in [2.24, 2.45) is 5.92 Å². The normalized spacial score (nSPS) is 11.4. The van der Waals surface area contributed by atoms with Crippen LogP contribution in [0, 0.1) is 12.8 Å². The largest absolute Gasteiger partial charge is 0.445 e. The smallest absolute Gasteiger partial charge is 0.249 e. The van der Waals surface area contributed by atoms with Crippen LogP contribution in [0.25, 0.3) is 11.6 Å². The lowest BCUT2D eigenvalue weighted by molar-refractivity contribution is 0.181. The highest BCUT2D eigenvalue weighted by Crippen LogP contribution is 2.25. The minimum absolute atomic E-state index is 0.432. The van der Waals surface area contributed by atoms with Crippen molar-refractivity contribution in [3.8, 4) is 11.6 Å². The van der Waals surface area contributed by atoms with Gasteiger partial charge >= 0.3 is 0 Å². The second kappa shape index (κ2) is 6.02. The Morgan fingerprint density at radius 2 is 2.11 bits per heavy atom. The van der Waals surface area contributed by atoms with Gasteiger partial charge in [-0.2, -0.15) is 0 Å². The van der Waals surface area contributed by atoms with Gasteiger partial charge in [0.2, 0.25) is 5.89 Å². The molecule has 0 saturated heterocycles. The Bertz CT molecular complexity index is 529. The first kappa shape index (κ1) is 13.8. The maximum atomic E-state index is 5.65. The summed E-state index contributed by atoms with van der Waals surface area (Å²) in [6, 6.07) is 0. The fourth-order valence-corrected chi connectivity index (χ4v) is 1.86. The summed E-state index contributed by atoms with van der Waals surface area (Å²) in [5.74, 6) is 2.60. The molecule has 0 aliphatic carbocycles. The lowest BCUT2D eigenvalue weighted by Crippen LogP contribution is -1.93. The SMILES string of the molecule is COCc1coc(-c2nc(C)oc2CCC(C)C)n1. The summed E-state index contributed by atoms with van der Waals surface area (Å²) in [7, 11) is 1.63. The number of nitrogens with zero attached hydrogens (tertiary/aromatic N) is 2. The van der Waals surface area contributed by atoms with E-state index in [4.69, 9.17) is 13.6 Å². The predicted octanol–water partition coefficient (Wildman–Crippen LogP) is 3.37. The van der Waals surface area contributed by atoms with Crippen molar-refractivity contribution in [2.75, 3.05) is 7.11 Å². The third-order valence-corrected chi connectivity index (χ3v) is 2.80. The number of rotatable bonds is 6. The van der Waals surface area contributed by atoms with Gasteiger partial charge in [-0.25, -0.2) is 9.97 Å². The van der Waals surface area contributed by atoms with Gasteiger partial charge < -0.3 is 13.6 Å². The Morgan fingerprint density at radius 3 is 2.79 bits per heavy atom. The molecule has 2 aromatic rings. The van der Waals surface area contributed by atoms with Crippen LogP contribution in [0.15, 0.2) is 15.1 Å². The molecule has 5 nitrogen and oxygen atoms in total. The maximum Gasteiger partial charge on any atom is 0.249 e. The highest BCUT2D eigenvalue weighted by Gasteiger charge is 2.18. The van der Waals surface area contributed by atoms with Crippen molar-refractivity contribution < 1.29 is 13.6 Å². The van der Waals surface area contributed by atoms with Crippen LogP contribution < -0.4 is 0 Å². The van der Waals surface area contributed by atoms with Crippen molar-refractivity contribution in [1.29, 1.82) is 0 Å². The fourth-order valence-electron chi connectivity index (χ4n) is 1.86. The molecule has 0 fully saturated rings. The Hall–Kier alpha value is -1.62. The molecule has 19 heavy (non-hydrogen) atoms. The number of aromatic nitrogens is 2. The highest BCUT2D eigenvalue weighted by atomic mass is 16.5. The van der Waals surface area contributed by atoms with E-state index in [9.17, 15) is 0 Å². The van der Waals surface area contributed by atoms with Gasteiger partial charge in [0, 0.05) is 20.5 Å². The molecule has 0 N–H and O–H groups in total. The van der Waals surface area contributed by atoms with E-state index in [0.29, 0.717) is 30.0 Å². The molecular formula is C14H20N2O3. The van der Waals surface area contributed by atoms with Crippen LogP contribution >= 0.6 is 0 Å². The summed E-state index contributed by atoms with van der Waals surface area (Å²) >= 11 is 0. The van der Waals surface area contributed by atoms with Crippen LogP contribution in [0.2, 0.25) is 0 Å². The summed E-state index contributed by atoms with van der Waals surface area (Å²) in [5, 5.41) is 0. The van der Waals surface area contributed by atoms with Crippen LogP contribution in [0.1, 0.15) is 37.6 Å². The highest BCUT2D eigenvalue weighted by molar-refractivity contribution is 5.50. The number of hydrogen-bond acceptors (Lipinski definition) is 5. The lowest BCUT2D eigenvalue weighted by atomic mass is 10.1. The monoisotopic (exact) mass is 264 g/mol. The third kappa shape index (κ3) is 3.44. The van der Waals surface area contributed by atoms with E-state index in [1.165, 1.54) is 0 Å². The van der Waals surface area contributed by atoms with Crippen LogP contribution in [-0.4, -0.2) is 17.1 Å². The molecule has 0 unspecified atom stereocenters. The fraction of sp³-hybridized carbons (Fsp3) is 0.571. The number of ether oxygens (including phenoxy) is 1. The summed E-state index contributed by atoms with van der Waals surface area (Å²) in [6.07, 6.45) is 3.48. The lowest BCUT2D eigenvalue weighted by Gasteiger charge is -2.02. The Kier molecular flexibility index (Phi) is 4.37. The van der Waals surface area contributed by atoms with E-state index in [-0.39, 0.29) is 0 Å². The summed E-state index contributed by atoms with van der Waals surface area (Å²) in [6.45, 7) is 6.64. The molecule has 0 atom stereocenters. The van der Waals surface area contributed by atoms with Gasteiger partial charge in [-0.05, 0) is 12.3 Å². The van der Waals surface area contributed by atoms with Crippen molar-refractivity contribution in [3.05, 3.63) is 23.6 Å². The maximum absolute atomic E-state index is 5.65. The molecule has 2 rings (SSSR count). The summed E-state index contributed by atoms with van der Waals surface area (Å²) in [4.78, 5) is 8.73. The summed E-state index contributed by atoms with van der Waals surface area (Å²) < 4.78 is 16.1. The second-order valence-electron chi connectivity index (χ2n) is 5.01. The molecule has 2 heterocycles. The first-order chi connectivity index (χ1) is 9.10. The molecule has 0 spiro atoms. The Labute approximate surface area is 113 Å². The van der Waals surface area contributed by atoms with Gasteiger partial charge in [0.1, 0.15) is 17.7 Å². The van der Waals surface area contributed by atoms with E-state index in [0.717, 1.165) is 24.3 Å². The van der Waals surface area contributed by atoms with E-state index < -0.39 is 0 Å². The van der Waals surface area contributed by atoms with Gasteiger partial charge in [0.05, 0.1) is 6.61 Å². The predicted molar refractivity (Wildman–Crippen MR) is 70.6 cm³/mol. The number of oxazole rings is 2. The Balaban J connectivity index is 2.22. The van der Waals surface area contributed by atoms with Gasteiger partial charge in [-0.3, -0.25) is 0 Å². The molecule has 0 bridgehead atoms. The third-order valence-electron chi connectivity index (χ3n) is 2.80. The van der Waals surface area contributed by atoms with Crippen molar-refractivity contribution in [3.63, 3.8) is 0 Å². The van der Waals surface area contributed by atoms with E-state index in [1.54, 1.807) is 13.4 Å². The van der Waals surface area contributed by atoms with Crippen molar-refractivity contribution >= 4 is 0 Å². The molecule has 0 radical (unpaired) electrons. The zero-order valence-corrected chi connectivity index (χ0v) is 11.9. The van der Waals surface area contributed by atoms with Crippen LogP contribution in [0.5, 0.6) is 0 Å². The van der Waals surface area contributed by atoms with E-state index in [1.807, 2.05) is 6.92 Å². The number of methoxy groups -OCH3 is 1. The average molecular weight is 264 g/mol. The minimum Gasteiger partial charge on any atom is -0.445 e. The molecule has 0 aromatic carbocycles. The van der Waals surface area contributed by atoms with Crippen molar-refractivity contribution in [2.45, 2.75) is 40.2 Å². The molecule has 0 saturated carbocycles. The van der Waals surface area contributed by atoms with Crippen LogP contribution in [0.3, 0.4) is 0 Å². The Morgan fingerprint density at radius 1 is 1.32 bits per heavy atom. The van der Waals surface area contributed by atoms with Crippen LogP contribution in [-0.2, 0) is 17.8 Å². The number of aryl methyl sites for hydroxylation is 2. The van der Waals surface area contributed by atoms with Crippen molar-refractivity contribution in [1.82, 2.24) is 9.97 Å². The molecule has 2 aromatic heterocycles. The molecule has 0 aliphatic heterocycles. The zero-order valence-electron chi connectivity index (χ0n) is 11.9. The quantitative estimate of drug-likeness (QED) is 0.800. The van der Waals surface area contributed by atoms with Gasteiger partial charge in [-0.1, -0.05) is 13.8 Å². The molecular weight excluding hydrogens is 244 g/mol. The zero-order chi connectivity index (χ0) is 13.8. The van der Waals surface area contributed by atoms with Gasteiger partial charge in [0.25, 0.3) is 0 Å². The summed E-state index contributed by atoms with van der Waals surface area (Å²) in [5.41, 5.74) is 1.47. The van der Waals surface area contributed by atoms with Crippen LogP contribution in [0.4, 0.5) is 0 Å². The molecule has 5 heteroatoms. The topological polar surface area (TPSA) is 61.3 Å². The molecule has 0 amide bonds. The molecule has 104 valence electrons. The van der Waals surface area contributed by atoms with E-state index in [2.05, 4.69) is 23.8 Å². The first-order valence-electron chi connectivity index (χ1n) is 6.50. The number of hydrogen-bond donors (Lipinski definition) is 0. The molecule has 0 aliphatic rings.